The fourth-order valence-electron chi connectivity index (χ4n) is 2.84. The maximum absolute atomic E-state index is 12.7. The van der Waals surface area contributed by atoms with E-state index in [9.17, 15) is 13.2 Å². The van der Waals surface area contributed by atoms with Crippen LogP contribution < -0.4 is 9.62 Å². The van der Waals surface area contributed by atoms with Crippen LogP contribution in [0.3, 0.4) is 0 Å². The van der Waals surface area contributed by atoms with Crippen LogP contribution in [0.4, 0.5) is 5.69 Å². The Kier molecular flexibility index (Phi) is 4.97. The zero-order valence-corrected chi connectivity index (χ0v) is 16.5. The summed E-state index contributed by atoms with van der Waals surface area (Å²) in [4.78, 5) is 14.5. The number of rotatable bonds is 5. The minimum absolute atomic E-state index is 0.00327. The Morgan fingerprint density at radius 2 is 1.78 bits per heavy atom. The third-order valence-electron chi connectivity index (χ3n) is 4.30. The van der Waals surface area contributed by atoms with Crippen LogP contribution in [0.25, 0.3) is 11.0 Å². The van der Waals surface area contributed by atoms with Crippen LogP contribution in [0.2, 0.25) is 0 Å². The minimum atomic E-state index is -4.01. The molecule has 1 heterocycles. The number of hydrogen-bond acceptors (Lipinski definition) is 5. The molecule has 1 N–H and O–H groups in total. The Hall–Kier alpha value is -2.80. The van der Waals surface area contributed by atoms with Crippen molar-refractivity contribution in [3.05, 3.63) is 59.9 Å². The third kappa shape index (κ3) is 3.83. The van der Waals surface area contributed by atoms with Gasteiger partial charge in [-0.05, 0) is 35.7 Å². The van der Waals surface area contributed by atoms with Crippen LogP contribution >= 0.6 is 0 Å². The second kappa shape index (κ2) is 7.08. The summed E-state index contributed by atoms with van der Waals surface area (Å²) in [7, 11) is -0.212. The molecule has 0 aliphatic heterocycles. The summed E-state index contributed by atoms with van der Waals surface area (Å²) in [5.74, 6) is -0.841. The number of benzene rings is 2. The quantitative estimate of drug-likeness (QED) is 0.723. The summed E-state index contributed by atoms with van der Waals surface area (Å²) in [6, 6.07) is 13.7. The predicted molar refractivity (Wildman–Crippen MR) is 106 cm³/mol. The van der Waals surface area contributed by atoms with Gasteiger partial charge in [-0.15, -0.1) is 0 Å². The predicted octanol–water partition coefficient (Wildman–Crippen LogP) is 3.74. The van der Waals surface area contributed by atoms with Gasteiger partial charge in [-0.3, -0.25) is 4.79 Å². The van der Waals surface area contributed by atoms with Crippen LogP contribution in [0.15, 0.2) is 57.8 Å². The molecule has 142 valence electrons. The first-order valence-electron chi connectivity index (χ1n) is 8.56. The molecule has 0 saturated carbocycles. The molecule has 0 radical (unpaired) electrons. The molecule has 0 aliphatic rings. The van der Waals surface area contributed by atoms with E-state index in [0.29, 0.717) is 11.1 Å². The van der Waals surface area contributed by atoms with Gasteiger partial charge in [-0.25, -0.2) is 13.1 Å². The van der Waals surface area contributed by atoms with Gasteiger partial charge >= 0.3 is 5.91 Å². The normalized spacial score (nSPS) is 11.7. The van der Waals surface area contributed by atoms with Crippen LogP contribution in [0, 0.1) is 0 Å². The maximum Gasteiger partial charge on any atom is 0.300 e. The van der Waals surface area contributed by atoms with Crippen molar-refractivity contribution in [2.24, 2.45) is 0 Å². The van der Waals surface area contributed by atoms with Gasteiger partial charge in [0.1, 0.15) is 5.58 Å². The lowest BCUT2D eigenvalue weighted by atomic mass is 10.0. The molecule has 0 atom stereocenters. The SMILES string of the molecule is CC(C)c1ccccc1S(=O)(=O)NC(=O)c1cc2ccc(N(C)C)cc2o1. The number of fused-ring (bicyclic) bond motifs is 1. The van der Waals surface area contributed by atoms with Gasteiger partial charge in [0.05, 0.1) is 4.90 Å². The number of sulfonamides is 1. The van der Waals surface area contributed by atoms with Crippen molar-refractivity contribution in [1.29, 1.82) is 0 Å². The molecule has 1 amide bonds. The molecule has 0 spiro atoms. The molecule has 0 unspecified atom stereocenters. The standard InChI is InChI=1S/C20H22N2O4S/c1-13(2)16-7-5-6-8-19(16)27(24,25)21-20(23)18-11-14-9-10-15(22(3)4)12-17(14)26-18/h5-13H,1-4H3,(H,21,23). The molecule has 27 heavy (non-hydrogen) atoms. The van der Waals surface area contributed by atoms with Crippen molar-refractivity contribution in [2.75, 3.05) is 19.0 Å². The van der Waals surface area contributed by atoms with Crippen LogP contribution in [0.1, 0.15) is 35.9 Å². The van der Waals surface area contributed by atoms with Crippen molar-refractivity contribution in [3.63, 3.8) is 0 Å². The van der Waals surface area contributed by atoms with Crippen molar-refractivity contribution >= 4 is 32.6 Å². The molecule has 6 nitrogen and oxygen atoms in total. The summed E-state index contributed by atoms with van der Waals surface area (Å²) in [5, 5.41) is 0.728. The van der Waals surface area contributed by atoms with Gasteiger partial charge in [-0.2, -0.15) is 0 Å². The third-order valence-corrected chi connectivity index (χ3v) is 5.71. The van der Waals surface area contributed by atoms with E-state index in [0.717, 1.165) is 11.1 Å². The summed E-state index contributed by atoms with van der Waals surface area (Å²) in [6.07, 6.45) is 0. The van der Waals surface area contributed by atoms with Gasteiger partial charge in [0.15, 0.2) is 5.76 Å². The fourth-order valence-corrected chi connectivity index (χ4v) is 4.17. The molecule has 0 bridgehead atoms. The highest BCUT2D eigenvalue weighted by Crippen LogP contribution is 2.26. The van der Waals surface area contributed by atoms with Crippen molar-refractivity contribution in [3.8, 4) is 0 Å². The lowest BCUT2D eigenvalue weighted by molar-refractivity contribution is 0.0956. The first-order chi connectivity index (χ1) is 12.7. The molecular formula is C20H22N2O4S. The Bertz CT molecular complexity index is 1100. The molecule has 0 saturated heterocycles. The second-order valence-electron chi connectivity index (χ2n) is 6.85. The highest BCUT2D eigenvalue weighted by Gasteiger charge is 2.24. The largest absolute Gasteiger partial charge is 0.451 e. The lowest BCUT2D eigenvalue weighted by Crippen LogP contribution is -2.31. The lowest BCUT2D eigenvalue weighted by Gasteiger charge is -2.13. The number of hydrogen-bond donors (Lipinski definition) is 1. The van der Waals surface area contributed by atoms with Gasteiger partial charge < -0.3 is 9.32 Å². The summed E-state index contributed by atoms with van der Waals surface area (Å²) in [6.45, 7) is 3.80. The van der Waals surface area contributed by atoms with E-state index in [1.54, 1.807) is 24.3 Å². The molecule has 3 rings (SSSR count). The fraction of sp³-hybridized carbons (Fsp3) is 0.250. The maximum atomic E-state index is 12.7. The Morgan fingerprint density at radius 3 is 2.44 bits per heavy atom. The molecular weight excluding hydrogens is 364 g/mol. The van der Waals surface area contributed by atoms with Crippen LogP contribution in [0.5, 0.6) is 0 Å². The second-order valence-corrected chi connectivity index (χ2v) is 8.51. The molecule has 1 aromatic heterocycles. The number of furan rings is 1. The zero-order chi connectivity index (χ0) is 19.8. The average Bonchev–Trinajstić information content (AvgIpc) is 3.04. The van der Waals surface area contributed by atoms with Crippen LogP contribution in [-0.4, -0.2) is 28.4 Å². The summed E-state index contributed by atoms with van der Waals surface area (Å²) >= 11 is 0. The average molecular weight is 386 g/mol. The molecule has 3 aromatic rings. The van der Waals surface area contributed by atoms with Crippen molar-refractivity contribution in [1.82, 2.24) is 4.72 Å². The van der Waals surface area contributed by atoms with Gasteiger partial charge in [0.2, 0.25) is 0 Å². The molecule has 7 heteroatoms. The first-order valence-corrected chi connectivity index (χ1v) is 10.0. The monoisotopic (exact) mass is 386 g/mol. The highest BCUT2D eigenvalue weighted by atomic mass is 32.2. The number of carbonyl (C=O) groups excluding carboxylic acids is 1. The van der Waals surface area contributed by atoms with Gasteiger partial charge in [-0.1, -0.05) is 32.0 Å². The number of nitrogens with one attached hydrogen (secondary N) is 1. The van der Waals surface area contributed by atoms with Crippen molar-refractivity contribution < 1.29 is 17.6 Å². The summed E-state index contributed by atoms with van der Waals surface area (Å²) < 4.78 is 33.1. The Morgan fingerprint density at radius 1 is 1.07 bits per heavy atom. The topological polar surface area (TPSA) is 79.6 Å². The van der Waals surface area contributed by atoms with E-state index in [1.165, 1.54) is 12.1 Å². The minimum Gasteiger partial charge on any atom is -0.451 e. The number of amides is 1. The molecule has 0 aliphatic carbocycles. The number of nitrogens with zero attached hydrogens (tertiary/aromatic N) is 1. The highest BCUT2D eigenvalue weighted by molar-refractivity contribution is 7.90. The molecule has 0 fully saturated rings. The van der Waals surface area contributed by atoms with Gasteiger partial charge in [0.25, 0.3) is 10.0 Å². The van der Waals surface area contributed by atoms with E-state index >= 15 is 0 Å². The zero-order valence-electron chi connectivity index (χ0n) is 15.7. The van der Waals surface area contributed by atoms with E-state index in [2.05, 4.69) is 4.72 Å². The van der Waals surface area contributed by atoms with E-state index in [4.69, 9.17) is 4.42 Å². The number of anilines is 1. The van der Waals surface area contributed by atoms with Crippen molar-refractivity contribution in [2.45, 2.75) is 24.7 Å². The van der Waals surface area contributed by atoms with E-state index in [-0.39, 0.29) is 16.6 Å². The Labute approximate surface area is 158 Å². The summed E-state index contributed by atoms with van der Waals surface area (Å²) in [5.41, 5.74) is 2.09. The van der Waals surface area contributed by atoms with E-state index in [1.807, 2.05) is 45.0 Å². The van der Waals surface area contributed by atoms with Gasteiger partial charge in [0, 0.05) is 31.2 Å². The smallest absolute Gasteiger partial charge is 0.300 e. The van der Waals surface area contributed by atoms with E-state index < -0.39 is 15.9 Å². The van der Waals surface area contributed by atoms with Crippen LogP contribution in [-0.2, 0) is 10.0 Å². The number of carbonyl (C=O) groups is 1. The first kappa shape index (κ1) is 19.0. The Balaban J connectivity index is 1.92. The molecule has 2 aromatic carbocycles.